The highest BCUT2D eigenvalue weighted by molar-refractivity contribution is 5.83. The Morgan fingerprint density at radius 3 is 2.19 bits per heavy atom. The zero-order chi connectivity index (χ0) is 12.8. The van der Waals surface area contributed by atoms with E-state index in [1.807, 2.05) is 13.8 Å². The molecule has 0 aliphatic heterocycles. The van der Waals surface area contributed by atoms with Crippen LogP contribution in [0.2, 0.25) is 0 Å². The summed E-state index contributed by atoms with van der Waals surface area (Å²) in [6.07, 6.45) is 3.69. The molecule has 0 rings (SSSR count). The molecule has 0 aromatic carbocycles. The fraction of sp³-hybridized carbons (Fsp3) is 0.846. The summed E-state index contributed by atoms with van der Waals surface area (Å²) in [5, 5.41) is 2.62. The van der Waals surface area contributed by atoms with Crippen molar-refractivity contribution in [3.63, 3.8) is 0 Å². The minimum absolute atomic E-state index is 0.0356. The molecule has 0 heterocycles. The Kier molecular flexibility index (Phi) is 5.70. The smallest absolute Gasteiger partial charge is 0.226 e. The number of carbonyl (C=O) groups excluding carboxylic acids is 2. The van der Waals surface area contributed by atoms with Gasteiger partial charge in [-0.3, -0.25) is 4.79 Å². The number of hydrogen-bond donors (Lipinski definition) is 1. The minimum atomic E-state index is -0.393. The van der Waals surface area contributed by atoms with Gasteiger partial charge in [-0.25, -0.2) is 0 Å². The molecule has 0 saturated carbocycles. The van der Waals surface area contributed by atoms with Crippen LogP contribution in [-0.2, 0) is 9.59 Å². The predicted octanol–water partition coefficient (Wildman–Crippen LogP) is 2.54. The monoisotopic (exact) mass is 227 g/mol. The maximum absolute atomic E-state index is 11.8. The average molecular weight is 227 g/mol. The highest BCUT2D eigenvalue weighted by Crippen LogP contribution is 2.32. The molecule has 94 valence electrons. The van der Waals surface area contributed by atoms with Crippen LogP contribution in [0.5, 0.6) is 0 Å². The van der Waals surface area contributed by atoms with Crippen molar-refractivity contribution in [3.8, 4) is 0 Å². The summed E-state index contributed by atoms with van der Waals surface area (Å²) in [5.74, 6) is -0.0356. The van der Waals surface area contributed by atoms with Gasteiger partial charge in [0.05, 0.1) is 6.54 Å². The molecule has 16 heavy (non-hydrogen) atoms. The third-order valence-electron chi connectivity index (χ3n) is 3.34. The van der Waals surface area contributed by atoms with E-state index in [0.29, 0.717) is 6.29 Å². The molecule has 0 aliphatic rings. The van der Waals surface area contributed by atoms with Crippen LogP contribution in [0.15, 0.2) is 0 Å². The molecule has 3 nitrogen and oxygen atoms in total. The number of rotatable bonds is 7. The number of carbonyl (C=O) groups is 2. The third kappa shape index (κ3) is 5.29. The number of aldehydes is 1. The van der Waals surface area contributed by atoms with Crippen LogP contribution in [0.3, 0.4) is 0 Å². The highest BCUT2D eigenvalue weighted by atomic mass is 16.2. The van der Waals surface area contributed by atoms with E-state index in [4.69, 9.17) is 0 Å². The van der Waals surface area contributed by atoms with Gasteiger partial charge < -0.3 is 10.1 Å². The first-order valence-electron chi connectivity index (χ1n) is 5.97. The van der Waals surface area contributed by atoms with E-state index in [2.05, 4.69) is 26.1 Å². The quantitative estimate of drug-likeness (QED) is 0.679. The zero-order valence-electron chi connectivity index (χ0n) is 11.2. The summed E-state index contributed by atoms with van der Waals surface area (Å²) in [6.45, 7) is 10.6. The van der Waals surface area contributed by atoms with Crippen LogP contribution in [-0.4, -0.2) is 18.7 Å². The molecule has 0 atom stereocenters. The number of amides is 1. The van der Waals surface area contributed by atoms with E-state index < -0.39 is 5.41 Å². The maximum Gasteiger partial charge on any atom is 0.226 e. The second-order valence-corrected chi connectivity index (χ2v) is 5.78. The first-order valence-corrected chi connectivity index (χ1v) is 5.97. The highest BCUT2D eigenvalue weighted by Gasteiger charge is 2.29. The minimum Gasteiger partial charge on any atom is -0.349 e. The Bertz CT molecular complexity index is 244. The SMILES string of the molecule is CCC(C)(C)CCC(C)(C)C(=O)NCC=O. The van der Waals surface area contributed by atoms with E-state index in [-0.39, 0.29) is 17.9 Å². The average Bonchev–Trinajstić information content (AvgIpc) is 2.23. The third-order valence-corrected chi connectivity index (χ3v) is 3.34. The second-order valence-electron chi connectivity index (χ2n) is 5.78. The largest absolute Gasteiger partial charge is 0.349 e. The molecule has 0 radical (unpaired) electrons. The molecule has 0 saturated heterocycles. The molecular formula is C13H25NO2. The van der Waals surface area contributed by atoms with Gasteiger partial charge in [0.1, 0.15) is 6.29 Å². The van der Waals surface area contributed by atoms with Crippen LogP contribution in [0.25, 0.3) is 0 Å². The summed E-state index contributed by atoms with van der Waals surface area (Å²) in [6, 6.07) is 0. The Morgan fingerprint density at radius 2 is 1.75 bits per heavy atom. The van der Waals surface area contributed by atoms with E-state index in [1.54, 1.807) is 0 Å². The van der Waals surface area contributed by atoms with Gasteiger partial charge in [-0.15, -0.1) is 0 Å². The molecular weight excluding hydrogens is 202 g/mol. The van der Waals surface area contributed by atoms with Crippen LogP contribution >= 0.6 is 0 Å². The number of hydrogen-bond acceptors (Lipinski definition) is 2. The number of nitrogens with one attached hydrogen (secondary N) is 1. The Morgan fingerprint density at radius 1 is 1.19 bits per heavy atom. The molecule has 0 spiro atoms. The molecule has 0 unspecified atom stereocenters. The van der Waals surface area contributed by atoms with E-state index in [1.165, 1.54) is 0 Å². The molecule has 0 bridgehead atoms. The van der Waals surface area contributed by atoms with Gasteiger partial charge in [-0.05, 0) is 18.3 Å². The lowest BCUT2D eigenvalue weighted by Crippen LogP contribution is -2.38. The van der Waals surface area contributed by atoms with Gasteiger partial charge >= 0.3 is 0 Å². The Labute approximate surface area is 99.0 Å². The molecule has 0 aliphatic carbocycles. The topological polar surface area (TPSA) is 46.2 Å². The van der Waals surface area contributed by atoms with Crippen LogP contribution < -0.4 is 5.32 Å². The van der Waals surface area contributed by atoms with Crippen molar-refractivity contribution in [1.29, 1.82) is 0 Å². The van der Waals surface area contributed by atoms with E-state index in [0.717, 1.165) is 19.3 Å². The van der Waals surface area contributed by atoms with Crippen molar-refractivity contribution in [2.45, 2.75) is 53.9 Å². The lowest BCUT2D eigenvalue weighted by Gasteiger charge is -2.29. The lowest BCUT2D eigenvalue weighted by molar-refractivity contribution is -0.130. The van der Waals surface area contributed by atoms with Crippen molar-refractivity contribution in [1.82, 2.24) is 5.32 Å². The van der Waals surface area contributed by atoms with Crippen LogP contribution in [0.1, 0.15) is 53.9 Å². The van der Waals surface area contributed by atoms with Crippen LogP contribution in [0.4, 0.5) is 0 Å². The first kappa shape index (κ1) is 15.1. The fourth-order valence-electron chi connectivity index (χ4n) is 1.31. The zero-order valence-corrected chi connectivity index (χ0v) is 11.2. The van der Waals surface area contributed by atoms with E-state index in [9.17, 15) is 9.59 Å². The first-order chi connectivity index (χ1) is 7.25. The maximum atomic E-state index is 11.8. The molecule has 0 aromatic heterocycles. The second kappa shape index (κ2) is 6.02. The molecule has 1 amide bonds. The summed E-state index contributed by atoms with van der Waals surface area (Å²) in [7, 11) is 0. The summed E-state index contributed by atoms with van der Waals surface area (Å²) in [4.78, 5) is 21.9. The van der Waals surface area contributed by atoms with Crippen molar-refractivity contribution < 1.29 is 9.59 Å². The molecule has 1 N–H and O–H groups in total. The van der Waals surface area contributed by atoms with Gasteiger partial charge in [0.15, 0.2) is 0 Å². The van der Waals surface area contributed by atoms with Crippen LogP contribution in [0, 0.1) is 10.8 Å². The standard InChI is InChI=1S/C13H25NO2/c1-6-12(2,3)7-8-13(4,5)11(16)14-9-10-15/h10H,6-9H2,1-5H3,(H,14,16). The molecule has 3 heteroatoms. The van der Waals surface area contributed by atoms with Gasteiger partial charge in [0.25, 0.3) is 0 Å². The lowest BCUT2D eigenvalue weighted by atomic mass is 9.77. The van der Waals surface area contributed by atoms with E-state index >= 15 is 0 Å². The summed E-state index contributed by atoms with van der Waals surface area (Å²) < 4.78 is 0. The van der Waals surface area contributed by atoms with Crippen molar-refractivity contribution >= 4 is 12.2 Å². The van der Waals surface area contributed by atoms with Gasteiger partial charge in [-0.2, -0.15) is 0 Å². The Balaban J connectivity index is 4.23. The van der Waals surface area contributed by atoms with Crippen molar-refractivity contribution in [2.24, 2.45) is 10.8 Å². The van der Waals surface area contributed by atoms with Crippen molar-refractivity contribution in [3.05, 3.63) is 0 Å². The summed E-state index contributed by atoms with van der Waals surface area (Å²) >= 11 is 0. The van der Waals surface area contributed by atoms with Gasteiger partial charge in [0.2, 0.25) is 5.91 Å². The Hall–Kier alpha value is -0.860. The molecule has 0 aromatic rings. The van der Waals surface area contributed by atoms with Crippen molar-refractivity contribution in [2.75, 3.05) is 6.54 Å². The normalized spacial score (nSPS) is 12.3. The summed E-state index contributed by atoms with van der Waals surface area (Å²) in [5.41, 5.74) is -0.113. The predicted molar refractivity (Wildman–Crippen MR) is 66.2 cm³/mol. The van der Waals surface area contributed by atoms with Gasteiger partial charge in [-0.1, -0.05) is 41.0 Å². The van der Waals surface area contributed by atoms with Gasteiger partial charge in [0, 0.05) is 5.41 Å². The molecule has 0 fully saturated rings. The fourth-order valence-corrected chi connectivity index (χ4v) is 1.31.